The summed E-state index contributed by atoms with van der Waals surface area (Å²) < 4.78 is 63.5. The van der Waals surface area contributed by atoms with Gasteiger partial charge in [0.25, 0.3) is 0 Å². The summed E-state index contributed by atoms with van der Waals surface area (Å²) in [6.07, 6.45) is 55.5. The van der Waals surface area contributed by atoms with Gasteiger partial charge in [0, 0.05) is 55.6 Å². The Balaban J connectivity index is 1.55. The van der Waals surface area contributed by atoms with Gasteiger partial charge in [-0.1, -0.05) is 269 Å². The molecule has 0 unspecified atom stereocenters. The standard InChI is InChI=1S/C87H124O10/c1-13-20-25-30-35-40-53-93-83-63-70(78(88-8)58-68(83)18-6)47-50-75-60-80(90-10)72(65-85(75)95-55-42-37-32-27-22-15-3)45-46-73-66-86(96-56-43-38-33-28-23-16-4)77(61-81(73)91-11)52-49-74-67-87(97-57-44-39-34-29-24-17-5)76(62-82(74)92-12)51-48-71-64-84(69(19-7)59-79(71)89-9)94-54-41-36-31-26-21-14-2/h18-19,45-52,58-67H,6-7,13-17,20-44,53-57H2,1-5,8-12H3/b46-45+,50-47+,51-48+,52-49+. The van der Waals surface area contributed by atoms with Gasteiger partial charge in [-0.15, -0.1) is 0 Å². The van der Waals surface area contributed by atoms with E-state index in [9.17, 15) is 0 Å². The Morgan fingerprint density at radius 2 is 0.351 bits per heavy atom. The summed E-state index contributed by atoms with van der Waals surface area (Å²) in [5.74, 6) is 7.39. The summed E-state index contributed by atoms with van der Waals surface area (Å²) in [5.41, 5.74) is 8.81. The van der Waals surface area contributed by atoms with E-state index in [1.807, 2.05) is 24.3 Å². The zero-order valence-corrected chi connectivity index (χ0v) is 61.8. The molecule has 0 saturated heterocycles. The number of ether oxygens (including phenoxy) is 10. The number of benzene rings is 5. The fourth-order valence-corrected chi connectivity index (χ4v) is 11.9. The Morgan fingerprint density at radius 3 is 0.526 bits per heavy atom. The van der Waals surface area contributed by atoms with Crippen molar-refractivity contribution in [3.8, 4) is 57.5 Å². The van der Waals surface area contributed by atoms with Crippen molar-refractivity contribution in [1.82, 2.24) is 0 Å². The quantitative estimate of drug-likeness (QED) is 0.0277. The van der Waals surface area contributed by atoms with Gasteiger partial charge in [-0.05, 0) is 92.8 Å². The molecule has 0 amide bonds. The number of hydrogen-bond acceptors (Lipinski definition) is 10. The first-order chi connectivity index (χ1) is 47.6. The van der Waals surface area contributed by atoms with Crippen molar-refractivity contribution in [3.05, 3.63) is 129 Å². The molecule has 0 spiro atoms. The van der Waals surface area contributed by atoms with E-state index in [1.165, 1.54) is 128 Å². The molecule has 0 heterocycles. The van der Waals surface area contributed by atoms with Gasteiger partial charge < -0.3 is 47.4 Å². The van der Waals surface area contributed by atoms with Crippen LogP contribution in [0.3, 0.4) is 0 Å². The fourth-order valence-electron chi connectivity index (χ4n) is 11.9. The van der Waals surface area contributed by atoms with Gasteiger partial charge >= 0.3 is 0 Å². The molecule has 0 aliphatic carbocycles. The first-order valence-corrected chi connectivity index (χ1v) is 37.4. The summed E-state index contributed by atoms with van der Waals surface area (Å²) >= 11 is 0. The van der Waals surface area contributed by atoms with Crippen LogP contribution in [0.1, 0.15) is 283 Å². The van der Waals surface area contributed by atoms with Crippen LogP contribution in [0.5, 0.6) is 57.5 Å². The van der Waals surface area contributed by atoms with Crippen LogP contribution < -0.4 is 47.4 Å². The lowest BCUT2D eigenvalue weighted by Gasteiger charge is -2.16. The van der Waals surface area contributed by atoms with Crippen LogP contribution in [0.25, 0.3) is 60.8 Å². The van der Waals surface area contributed by atoms with Crippen molar-refractivity contribution in [2.24, 2.45) is 0 Å². The number of hydrogen-bond donors (Lipinski definition) is 0. The summed E-state index contributed by atoms with van der Waals surface area (Å²) in [6, 6.07) is 20.5. The molecule has 532 valence electrons. The lowest BCUT2D eigenvalue weighted by atomic mass is 10.0. The molecule has 10 nitrogen and oxygen atoms in total. The average molecular weight is 1330 g/mol. The van der Waals surface area contributed by atoms with Gasteiger partial charge in [-0.25, -0.2) is 0 Å². The first-order valence-electron chi connectivity index (χ1n) is 37.4. The van der Waals surface area contributed by atoms with Crippen molar-refractivity contribution in [1.29, 1.82) is 0 Å². The molecule has 5 rings (SSSR count). The van der Waals surface area contributed by atoms with Crippen LogP contribution in [0.2, 0.25) is 0 Å². The molecule has 97 heavy (non-hydrogen) atoms. The predicted molar refractivity (Wildman–Crippen MR) is 415 cm³/mol. The van der Waals surface area contributed by atoms with E-state index < -0.39 is 0 Å². The smallest absolute Gasteiger partial charge is 0.127 e. The van der Waals surface area contributed by atoms with Crippen LogP contribution in [0.4, 0.5) is 0 Å². The van der Waals surface area contributed by atoms with Crippen molar-refractivity contribution in [2.75, 3.05) is 68.6 Å². The summed E-state index contributed by atoms with van der Waals surface area (Å²) in [4.78, 5) is 0. The maximum absolute atomic E-state index is 6.79. The summed E-state index contributed by atoms with van der Waals surface area (Å²) in [6.45, 7) is 22.5. The van der Waals surface area contributed by atoms with E-state index >= 15 is 0 Å². The highest BCUT2D eigenvalue weighted by Crippen LogP contribution is 2.40. The Bertz CT molecular complexity index is 3160. The van der Waals surface area contributed by atoms with E-state index in [0.717, 1.165) is 160 Å². The van der Waals surface area contributed by atoms with Crippen LogP contribution in [0, 0.1) is 0 Å². The van der Waals surface area contributed by atoms with Crippen molar-refractivity contribution in [2.45, 2.75) is 227 Å². The molecule has 0 bridgehead atoms. The molecular weight excluding hydrogens is 1200 g/mol. The molecule has 0 atom stereocenters. The highest BCUT2D eigenvalue weighted by Gasteiger charge is 2.17. The monoisotopic (exact) mass is 1330 g/mol. The van der Waals surface area contributed by atoms with Gasteiger partial charge in [0.15, 0.2) is 0 Å². The molecule has 0 aromatic heterocycles. The third-order valence-electron chi connectivity index (χ3n) is 17.8. The minimum Gasteiger partial charge on any atom is -0.496 e. The second-order valence-corrected chi connectivity index (χ2v) is 25.5. The third-order valence-corrected chi connectivity index (χ3v) is 17.8. The SMILES string of the molecule is C=Cc1cc(OC)c(/C=C/c2cc(OC)c(/C=C/c3cc(OCCCCCCCC)c(/C=C/c4cc(OCCCCCCCC)c(/C=C/c5cc(OCCCCCCCC)c(C=C)cc5OC)cc4OC)cc3OC)cc2OCCCCCCCC)cc1OCCCCCCCC. The maximum atomic E-state index is 6.79. The fraction of sp³-hybridized carbons (Fsp3) is 0.517. The van der Waals surface area contributed by atoms with E-state index in [0.29, 0.717) is 50.3 Å². The van der Waals surface area contributed by atoms with Gasteiger partial charge in [-0.3, -0.25) is 0 Å². The van der Waals surface area contributed by atoms with Crippen LogP contribution in [-0.2, 0) is 0 Å². The molecule has 0 N–H and O–H groups in total. The number of methoxy groups -OCH3 is 5. The molecular formula is C87H124O10. The van der Waals surface area contributed by atoms with Gasteiger partial charge in [0.1, 0.15) is 57.5 Å². The molecule has 5 aromatic carbocycles. The minimum absolute atomic E-state index is 0.580. The van der Waals surface area contributed by atoms with Crippen LogP contribution >= 0.6 is 0 Å². The van der Waals surface area contributed by atoms with E-state index in [1.54, 1.807) is 35.5 Å². The summed E-state index contributed by atoms with van der Waals surface area (Å²) in [5, 5.41) is 0. The molecule has 5 aromatic rings. The van der Waals surface area contributed by atoms with Crippen LogP contribution in [-0.4, -0.2) is 68.6 Å². The lowest BCUT2D eigenvalue weighted by Crippen LogP contribution is -2.01. The van der Waals surface area contributed by atoms with Gasteiger partial charge in [0.2, 0.25) is 0 Å². The Labute approximate surface area is 587 Å². The molecule has 10 heteroatoms. The zero-order chi connectivity index (χ0) is 69.5. The number of rotatable bonds is 55. The summed E-state index contributed by atoms with van der Waals surface area (Å²) in [7, 11) is 8.55. The van der Waals surface area contributed by atoms with E-state index in [4.69, 9.17) is 47.4 Å². The molecule has 0 aliphatic rings. The van der Waals surface area contributed by atoms with Crippen LogP contribution in [0.15, 0.2) is 73.8 Å². The maximum Gasteiger partial charge on any atom is 0.127 e. The average Bonchev–Trinajstić information content (AvgIpc) is 0.854. The third kappa shape index (κ3) is 28.9. The van der Waals surface area contributed by atoms with Crippen molar-refractivity contribution < 1.29 is 47.4 Å². The topological polar surface area (TPSA) is 92.3 Å². The van der Waals surface area contributed by atoms with Crippen molar-refractivity contribution >= 4 is 60.8 Å². The van der Waals surface area contributed by atoms with E-state index in [-0.39, 0.29) is 0 Å². The molecule has 0 radical (unpaired) electrons. The van der Waals surface area contributed by atoms with Gasteiger partial charge in [0.05, 0.1) is 68.6 Å². The first kappa shape index (κ1) is 80.2. The number of unbranched alkanes of at least 4 members (excludes halogenated alkanes) is 25. The lowest BCUT2D eigenvalue weighted by molar-refractivity contribution is 0.302. The molecule has 0 fully saturated rings. The Morgan fingerprint density at radius 1 is 0.206 bits per heavy atom. The molecule has 0 aliphatic heterocycles. The minimum atomic E-state index is 0.580. The Kier molecular flexibility index (Phi) is 40.6. The zero-order valence-electron chi connectivity index (χ0n) is 61.8. The second kappa shape index (κ2) is 49.1. The normalized spacial score (nSPS) is 11.5. The highest BCUT2D eigenvalue weighted by atomic mass is 16.5. The molecule has 0 saturated carbocycles. The predicted octanol–water partition coefficient (Wildman–Crippen LogP) is 25.4. The Hall–Kier alpha value is -7.46. The van der Waals surface area contributed by atoms with Crippen molar-refractivity contribution in [3.63, 3.8) is 0 Å². The van der Waals surface area contributed by atoms with Gasteiger partial charge in [-0.2, -0.15) is 0 Å². The highest BCUT2D eigenvalue weighted by molar-refractivity contribution is 5.85. The van der Waals surface area contributed by atoms with E-state index in [2.05, 4.69) is 145 Å². The largest absolute Gasteiger partial charge is 0.496 e. The second-order valence-electron chi connectivity index (χ2n) is 25.5.